The quantitative estimate of drug-likeness (QED) is 0.629. The average molecular weight is 192 g/mol. The normalized spacial score (nSPS) is 11.5. The van der Waals surface area contributed by atoms with Gasteiger partial charge in [-0.05, 0) is 18.6 Å². The van der Waals surface area contributed by atoms with Gasteiger partial charge in [-0.25, -0.2) is 13.4 Å². The molecule has 1 heterocycles. The molecule has 0 saturated heterocycles. The Kier molecular flexibility index (Phi) is 2.15. The van der Waals surface area contributed by atoms with E-state index < -0.39 is 9.05 Å². The Morgan fingerprint density at radius 2 is 2.18 bits per heavy atom. The molecule has 0 bridgehead atoms. The van der Waals surface area contributed by atoms with Crippen molar-refractivity contribution in [1.29, 1.82) is 0 Å². The molecule has 0 fully saturated rings. The predicted octanol–water partition coefficient (Wildman–Crippen LogP) is 1.32. The van der Waals surface area contributed by atoms with Gasteiger partial charge in [0.1, 0.15) is 0 Å². The third-order valence-electron chi connectivity index (χ3n) is 1.19. The number of pyridine rings is 1. The number of aryl methyl sites for hydroxylation is 1. The molecule has 0 aliphatic heterocycles. The Labute approximate surface area is 69.4 Å². The van der Waals surface area contributed by atoms with Crippen molar-refractivity contribution in [3.05, 3.63) is 23.9 Å². The van der Waals surface area contributed by atoms with Crippen molar-refractivity contribution in [2.24, 2.45) is 0 Å². The number of hydrogen-bond acceptors (Lipinski definition) is 3. The summed E-state index contributed by atoms with van der Waals surface area (Å²) in [5.74, 6) is 0. The third-order valence-corrected chi connectivity index (χ3v) is 2.52. The van der Waals surface area contributed by atoms with Crippen LogP contribution in [0.3, 0.4) is 0 Å². The van der Waals surface area contributed by atoms with E-state index in [4.69, 9.17) is 10.7 Å². The topological polar surface area (TPSA) is 47.0 Å². The van der Waals surface area contributed by atoms with Crippen LogP contribution in [-0.4, -0.2) is 13.4 Å². The van der Waals surface area contributed by atoms with E-state index in [0.29, 0.717) is 5.56 Å². The summed E-state index contributed by atoms with van der Waals surface area (Å²) >= 11 is 0. The molecule has 1 aromatic rings. The van der Waals surface area contributed by atoms with Crippen molar-refractivity contribution in [2.75, 3.05) is 0 Å². The Bertz CT molecular complexity index is 361. The van der Waals surface area contributed by atoms with Gasteiger partial charge in [0, 0.05) is 16.9 Å². The molecule has 0 aromatic carbocycles. The van der Waals surface area contributed by atoms with Gasteiger partial charge in [-0.1, -0.05) is 6.07 Å². The fourth-order valence-electron chi connectivity index (χ4n) is 0.726. The van der Waals surface area contributed by atoms with Crippen LogP contribution in [0.4, 0.5) is 0 Å². The lowest BCUT2D eigenvalue weighted by Gasteiger charge is -1.97. The molecule has 60 valence electrons. The first-order chi connectivity index (χ1) is 5.02. The molecule has 0 N–H and O–H groups in total. The first kappa shape index (κ1) is 8.49. The average Bonchev–Trinajstić information content (AvgIpc) is 1.86. The van der Waals surface area contributed by atoms with Gasteiger partial charge in [0.15, 0.2) is 5.03 Å². The van der Waals surface area contributed by atoms with E-state index in [1.54, 1.807) is 19.1 Å². The molecule has 1 aromatic heterocycles. The molecule has 0 saturated carbocycles. The summed E-state index contributed by atoms with van der Waals surface area (Å²) in [5, 5.41) is -0.0679. The molecule has 0 unspecified atom stereocenters. The Hall–Kier alpha value is -0.610. The molecule has 0 atom stereocenters. The Balaban J connectivity index is 3.37. The standard InChI is InChI=1S/C6H6ClNO2S/c1-5-3-2-4-8-6(5)11(7,9)10/h2-4H,1H3. The smallest absolute Gasteiger partial charge is 0.243 e. The summed E-state index contributed by atoms with van der Waals surface area (Å²) in [6, 6.07) is 3.29. The molecule has 3 nitrogen and oxygen atoms in total. The molecular formula is C6H6ClNO2S. The van der Waals surface area contributed by atoms with Gasteiger partial charge < -0.3 is 0 Å². The molecular weight excluding hydrogens is 186 g/mol. The van der Waals surface area contributed by atoms with E-state index in [2.05, 4.69) is 4.98 Å². The number of rotatable bonds is 1. The lowest BCUT2D eigenvalue weighted by Crippen LogP contribution is -1.96. The summed E-state index contributed by atoms with van der Waals surface area (Å²) in [4.78, 5) is 3.63. The van der Waals surface area contributed by atoms with E-state index >= 15 is 0 Å². The highest BCUT2D eigenvalue weighted by Crippen LogP contribution is 2.14. The van der Waals surface area contributed by atoms with Crippen molar-refractivity contribution >= 4 is 19.7 Å². The summed E-state index contributed by atoms with van der Waals surface area (Å²) in [6.07, 6.45) is 1.39. The molecule has 1 rings (SSSR count). The van der Waals surface area contributed by atoms with Gasteiger partial charge in [0.25, 0.3) is 9.05 Å². The third kappa shape index (κ3) is 1.91. The molecule has 0 aliphatic rings. The monoisotopic (exact) mass is 191 g/mol. The van der Waals surface area contributed by atoms with Crippen LogP contribution in [0.15, 0.2) is 23.4 Å². The Morgan fingerprint density at radius 3 is 2.55 bits per heavy atom. The molecule has 0 aliphatic carbocycles. The first-order valence-electron chi connectivity index (χ1n) is 2.88. The second-order valence-corrected chi connectivity index (χ2v) is 4.54. The minimum Gasteiger partial charge on any atom is -0.243 e. The zero-order valence-corrected chi connectivity index (χ0v) is 7.35. The van der Waals surface area contributed by atoms with Crippen molar-refractivity contribution < 1.29 is 8.42 Å². The molecule has 0 radical (unpaired) electrons. The maximum absolute atomic E-state index is 10.8. The highest BCUT2D eigenvalue weighted by atomic mass is 35.7. The van der Waals surface area contributed by atoms with E-state index in [-0.39, 0.29) is 5.03 Å². The predicted molar refractivity (Wildman–Crippen MR) is 42.0 cm³/mol. The van der Waals surface area contributed by atoms with Gasteiger partial charge in [0.2, 0.25) is 0 Å². The van der Waals surface area contributed by atoms with Crippen LogP contribution in [0, 0.1) is 6.92 Å². The van der Waals surface area contributed by atoms with Gasteiger partial charge >= 0.3 is 0 Å². The lowest BCUT2D eigenvalue weighted by atomic mass is 10.3. The van der Waals surface area contributed by atoms with Crippen LogP contribution in [0.2, 0.25) is 0 Å². The number of hydrogen-bond donors (Lipinski definition) is 0. The number of nitrogens with zero attached hydrogens (tertiary/aromatic N) is 1. The van der Waals surface area contributed by atoms with E-state index in [1.807, 2.05) is 0 Å². The van der Waals surface area contributed by atoms with Crippen LogP contribution in [-0.2, 0) is 9.05 Å². The van der Waals surface area contributed by atoms with Crippen molar-refractivity contribution in [2.45, 2.75) is 11.9 Å². The molecule has 11 heavy (non-hydrogen) atoms. The summed E-state index contributed by atoms with van der Waals surface area (Å²) in [6.45, 7) is 1.64. The van der Waals surface area contributed by atoms with E-state index in [1.165, 1.54) is 6.20 Å². The summed E-state index contributed by atoms with van der Waals surface area (Å²) < 4.78 is 21.5. The molecule has 0 amide bonds. The first-order valence-corrected chi connectivity index (χ1v) is 5.19. The van der Waals surface area contributed by atoms with E-state index in [9.17, 15) is 8.42 Å². The summed E-state index contributed by atoms with van der Waals surface area (Å²) in [7, 11) is 1.40. The minimum absolute atomic E-state index is 0.0679. The summed E-state index contributed by atoms with van der Waals surface area (Å²) in [5.41, 5.74) is 0.558. The fraction of sp³-hybridized carbons (Fsp3) is 0.167. The largest absolute Gasteiger partial charge is 0.278 e. The molecule has 5 heteroatoms. The van der Waals surface area contributed by atoms with E-state index in [0.717, 1.165) is 0 Å². The zero-order valence-electron chi connectivity index (χ0n) is 5.78. The minimum atomic E-state index is -3.67. The zero-order chi connectivity index (χ0) is 8.48. The van der Waals surface area contributed by atoms with Crippen molar-refractivity contribution in [3.63, 3.8) is 0 Å². The van der Waals surface area contributed by atoms with Gasteiger partial charge in [0.05, 0.1) is 0 Å². The highest BCUT2D eigenvalue weighted by Gasteiger charge is 2.13. The van der Waals surface area contributed by atoms with Crippen molar-refractivity contribution in [3.8, 4) is 0 Å². The second-order valence-electron chi connectivity index (χ2n) is 2.06. The van der Waals surface area contributed by atoms with Crippen LogP contribution in [0.25, 0.3) is 0 Å². The number of aromatic nitrogens is 1. The van der Waals surface area contributed by atoms with Crippen LogP contribution in [0.5, 0.6) is 0 Å². The molecule has 0 spiro atoms. The maximum Gasteiger partial charge on any atom is 0.278 e. The van der Waals surface area contributed by atoms with Gasteiger partial charge in [-0.2, -0.15) is 0 Å². The second kappa shape index (κ2) is 2.79. The van der Waals surface area contributed by atoms with Gasteiger partial charge in [-0.15, -0.1) is 0 Å². The maximum atomic E-state index is 10.8. The van der Waals surface area contributed by atoms with Crippen LogP contribution in [0.1, 0.15) is 5.56 Å². The van der Waals surface area contributed by atoms with Gasteiger partial charge in [-0.3, -0.25) is 0 Å². The van der Waals surface area contributed by atoms with Crippen LogP contribution < -0.4 is 0 Å². The lowest BCUT2D eigenvalue weighted by molar-refractivity contribution is 0.605. The fourth-order valence-corrected chi connectivity index (χ4v) is 1.85. The Morgan fingerprint density at radius 1 is 1.55 bits per heavy atom. The number of halogens is 1. The van der Waals surface area contributed by atoms with Crippen molar-refractivity contribution in [1.82, 2.24) is 4.98 Å². The van der Waals surface area contributed by atoms with Crippen LogP contribution >= 0.6 is 10.7 Å². The highest BCUT2D eigenvalue weighted by molar-refractivity contribution is 8.13. The SMILES string of the molecule is Cc1cccnc1S(=O)(=O)Cl.